The lowest BCUT2D eigenvalue weighted by molar-refractivity contribution is -0.0116. The van der Waals surface area contributed by atoms with E-state index in [0.29, 0.717) is 18.3 Å². The Hall–Kier alpha value is -1.31. The molecule has 0 N–H and O–H groups in total. The van der Waals surface area contributed by atoms with Gasteiger partial charge in [0.2, 0.25) is 0 Å². The average Bonchev–Trinajstić information content (AvgIpc) is 2.40. The lowest BCUT2D eigenvalue weighted by Gasteiger charge is -2.44. The fraction of sp³-hybridized carbons (Fsp3) is 0.611. The first-order chi connectivity index (χ1) is 9.49. The molecule has 1 spiro atoms. The maximum absolute atomic E-state index is 12.5. The van der Waals surface area contributed by atoms with E-state index in [0.717, 1.165) is 29.7 Å². The molecular weight excluding hydrogens is 248 g/mol. The summed E-state index contributed by atoms with van der Waals surface area (Å²) in [6.45, 7) is 6.59. The minimum Gasteiger partial charge on any atom is -0.486 e. The number of hydrogen-bond donors (Lipinski definition) is 0. The predicted molar refractivity (Wildman–Crippen MR) is 80.3 cm³/mol. The first-order valence-corrected chi connectivity index (χ1v) is 7.82. The van der Waals surface area contributed by atoms with Crippen LogP contribution in [0, 0.1) is 18.8 Å². The van der Waals surface area contributed by atoms with Gasteiger partial charge in [-0.2, -0.15) is 0 Å². The fourth-order valence-electron chi connectivity index (χ4n) is 3.80. The zero-order valence-electron chi connectivity index (χ0n) is 12.7. The van der Waals surface area contributed by atoms with E-state index in [1.165, 1.54) is 12.8 Å². The lowest BCUT2D eigenvalue weighted by Crippen LogP contribution is -2.46. The van der Waals surface area contributed by atoms with Gasteiger partial charge in [0.05, 0.1) is 12.0 Å². The van der Waals surface area contributed by atoms with Crippen molar-refractivity contribution in [1.29, 1.82) is 0 Å². The number of aryl methyl sites for hydroxylation is 1. The summed E-state index contributed by atoms with van der Waals surface area (Å²) in [4.78, 5) is 12.5. The Morgan fingerprint density at radius 1 is 1.35 bits per heavy atom. The Morgan fingerprint density at radius 2 is 2.15 bits per heavy atom. The normalized spacial score (nSPS) is 29.4. The molecule has 1 fully saturated rings. The molecule has 1 aromatic rings. The summed E-state index contributed by atoms with van der Waals surface area (Å²) >= 11 is 0. The molecule has 0 amide bonds. The molecule has 0 bridgehead atoms. The zero-order valence-corrected chi connectivity index (χ0v) is 12.7. The van der Waals surface area contributed by atoms with Crippen LogP contribution in [-0.2, 0) is 0 Å². The smallest absolute Gasteiger partial charge is 0.170 e. The Morgan fingerprint density at radius 3 is 2.90 bits per heavy atom. The second-order valence-electron chi connectivity index (χ2n) is 6.99. The van der Waals surface area contributed by atoms with Crippen molar-refractivity contribution in [3.05, 3.63) is 29.3 Å². The molecule has 2 atom stereocenters. The minimum atomic E-state index is -0.230. The van der Waals surface area contributed by atoms with E-state index in [1.807, 2.05) is 25.1 Å². The van der Waals surface area contributed by atoms with Crippen LogP contribution in [0.3, 0.4) is 0 Å². The molecule has 1 aliphatic heterocycles. The van der Waals surface area contributed by atoms with Gasteiger partial charge in [-0.15, -0.1) is 0 Å². The van der Waals surface area contributed by atoms with E-state index in [9.17, 15) is 4.79 Å². The molecule has 2 heteroatoms. The third-order valence-electron chi connectivity index (χ3n) is 5.03. The van der Waals surface area contributed by atoms with Crippen LogP contribution in [0.2, 0.25) is 0 Å². The van der Waals surface area contributed by atoms with E-state index in [4.69, 9.17) is 4.74 Å². The minimum absolute atomic E-state index is 0.230. The van der Waals surface area contributed by atoms with Crippen LogP contribution in [0.1, 0.15) is 61.9 Å². The largest absolute Gasteiger partial charge is 0.486 e. The summed E-state index contributed by atoms with van der Waals surface area (Å²) < 4.78 is 6.35. The zero-order chi connectivity index (χ0) is 14.3. The number of rotatable bonds is 1. The first kappa shape index (κ1) is 13.7. The van der Waals surface area contributed by atoms with Gasteiger partial charge in [0.25, 0.3) is 0 Å². The van der Waals surface area contributed by atoms with Crippen LogP contribution in [0.4, 0.5) is 0 Å². The number of ether oxygens (including phenoxy) is 1. The van der Waals surface area contributed by atoms with Gasteiger partial charge in [-0.3, -0.25) is 4.79 Å². The average molecular weight is 272 g/mol. The lowest BCUT2D eigenvalue weighted by atomic mass is 9.70. The summed E-state index contributed by atoms with van der Waals surface area (Å²) in [7, 11) is 0. The maximum atomic E-state index is 12.5. The van der Waals surface area contributed by atoms with Crippen LogP contribution in [0.5, 0.6) is 5.75 Å². The molecule has 0 saturated heterocycles. The molecule has 1 aromatic carbocycles. The number of fused-ring (bicyclic) bond motifs is 1. The van der Waals surface area contributed by atoms with Crippen molar-refractivity contribution < 1.29 is 9.53 Å². The van der Waals surface area contributed by atoms with E-state index in [-0.39, 0.29) is 11.4 Å². The molecule has 0 radical (unpaired) electrons. The molecule has 1 heterocycles. The summed E-state index contributed by atoms with van der Waals surface area (Å²) in [5, 5.41) is 0. The van der Waals surface area contributed by atoms with Gasteiger partial charge in [0, 0.05) is 0 Å². The quantitative estimate of drug-likeness (QED) is 0.750. The van der Waals surface area contributed by atoms with Gasteiger partial charge in [-0.1, -0.05) is 25.5 Å². The molecule has 2 nitrogen and oxygen atoms in total. The molecule has 1 aliphatic carbocycles. The highest BCUT2D eigenvalue weighted by molar-refractivity contribution is 6.00. The second kappa shape index (κ2) is 4.91. The Bertz CT molecular complexity index is 532. The van der Waals surface area contributed by atoms with Gasteiger partial charge in [0.15, 0.2) is 5.78 Å². The topological polar surface area (TPSA) is 26.3 Å². The monoisotopic (exact) mass is 272 g/mol. The van der Waals surface area contributed by atoms with Crippen molar-refractivity contribution in [2.75, 3.05) is 0 Å². The van der Waals surface area contributed by atoms with E-state index < -0.39 is 0 Å². The van der Waals surface area contributed by atoms with Crippen molar-refractivity contribution >= 4 is 5.78 Å². The van der Waals surface area contributed by atoms with Crippen molar-refractivity contribution in [1.82, 2.24) is 0 Å². The maximum Gasteiger partial charge on any atom is 0.170 e. The van der Waals surface area contributed by atoms with Crippen LogP contribution >= 0.6 is 0 Å². The van der Waals surface area contributed by atoms with E-state index >= 15 is 0 Å². The van der Waals surface area contributed by atoms with Crippen LogP contribution < -0.4 is 4.74 Å². The number of hydrogen-bond acceptors (Lipinski definition) is 2. The fourth-order valence-corrected chi connectivity index (χ4v) is 3.80. The molecule has 1 saturated carbocycles. The molecule has 0 aromatic heterocycles. The molecular formula is C18H24O2. The van der Waals surface area contributed by atoms with Crippen LogP contribution in [0.25, 0.3) is 0 Å². The number of carbonyl (C=O) groups excluding carboxylic acids is 1. The highest BCUT2D eigenvalue weighted by Gasteiger charge is 2.44. The van der Waals surface area contributed by atoms with Gasteiger partial charge in [-0.25, -0.2) is 0 Å². The van der Waals surface area contributed by atoms with Crippen LogP contribution in [0.15, 0.2) is 18.2 Å². The third kappa shape index (κ3) is 2.36. The van der Waals surface area contributed by atoms with Crippen molar-refractivity contribution in [2.24, 2.45) is 11.8 Å². The summed E-state index contributed by atoms with van der Waals surface area (Å²) in [6.07, 6.45) is 5.07. The van der Waals surface area contributed by atoms with Gasteiger partial charge >= 0.3 is 0 Å². The highest BCUT2D eigenvalue weighted by atomic mass is 16.5. The van der Waals surface area contributed by atoms with Crippen molar-refractivity contribution in [3.8, 4) is 5.75 Å². The summed E-state index contributed by atoms with van der Waals surface area (Å²) in [5.41, 5.74) is 1.68. The summed E-state index contributed by atoms with van der Waals surface area (Å²) in [6, 6.07) is 5.98. The number of benzene rings is 1. The number of ketones is 1. The van der Waals surface area contributed by atoms with E-state index in [2.05, 4.69) is 13.8 Å². The molecule has 3 rings (SSSR count). The number of Topliss-reactive ketones (excluding diaryl/α,β-unsaturated/α-hetero) is 1. The highest BCUT2D eigenvalue weighted by Crippen LogP contribution is 2.45. The standard InChI is InChI=1S/C18H24O2/c1-12(2)14-5-4-8-18(10-14)11-16(19)15-9-13(3)6-7-17(15)20-18/h6-7,9,12,14H,4-5,8,10-11H2,1-3H3. The first-order valence-electron chi connectivity index (χ1n) is 7.82. The van der Waals surface area contributed by atoms with Gasteiger partial charge < -0.3 is 4.74 Å². The van der Waals surface area contributed by atoms with Crippen molar-refractivity contribution in [3.63, 3.8) is 0 Å². The Balaban J connectivity index is 1.90. The second-order valence-corrected chi connectivity index (χ2v) is 6.99. The Labute approximate surface area is 121 Å². The molecule has 2 unspecified atom stereocenters. The van der Waals surface area contributed by atoms with Gasteiger partial charge in [0.1, 0.15) is 11.4 Å². The summed E-state index contributed by atoms with van der Waals surface area (Å²) in [5.74, 6) is 2.42. The Kier molecular flexibility index (Phi) is 3.35. The molecule has 20 heavy (non-hydrogen) atoms. The van der Waals surface area contributed by atoms with E-state index in [1.54, 1.807) is 0 Å². The van der Waals surface area contributed by atoms with Crippen molar-refractivity contribution in [2.45, 2.75) is 58.5 Å². The SMILES string of the molecule is Cc1ccc2c(c1)C(=O)CC1(CCCC(C(C)C)C1)O2. The molecule has 2 aliphatic rings. The third-order valence-corrected chi connectivity index (χ3v) is 5.03. The number of carbonyl (C=O) groups is 1. The van der Waals surface area contributed by atoms with Gasteiger partial charge in [-0.05, 0) is 56.6 Å². The predicted octanol–water partition coefficient (Wildman–Crippen LogP) is 4.55. The van der Waals surface area contributed by atoms with Crippen LogP contribution in [-0.4, -0.2) is 11.4 Å². The molecule has 108 valence electrons.